The molecule has 35 heavy (non-hydrogen) atoms. The number of ether oxygens (including phenoxy) is 3. The molecule has 0 saturated heterocycles. The summed E-state index contributed by atoms with van der Waals surface area (Å²) in [4.78, 5) is 24.3. The molecule has 0 heterocycles. The Balaban J connectivity index is 1.68. The van der Waals surface area contributed by atoms with Gasteiger partial charge < -0.3 is 19.3 Å². The van der Waals surface area contributed by atoms with Crippen LogP contribution in [0.5, 0.6) is 5.75 Å². The molecule has 188 valence electrons. The average molecular weight is 482 g/mol. The van der Waals surface area contributed by atoms with Crippen molar-refractivity contribution in [3.8, 4) is 11.8 Å². The van der Waals surface area contributed by atoms with E-state index in [4.69, 9.17) is 24.6 Å². The molecule has 1 aliphatic rings. The first-order chi connectivity index (χ1) is 17.1. The summed E-state index contributed by atoms with van der Waals surface area (Å²) in [6.45, 7) is 1.15. The van der Waals surface area contributed by atoms with Crippen LogP contribution < -0.4 is 4.74 Å². The van der Waals surface area contributed by atoms with Gasteiger partial charge in [-0.1, -0.05) is 37.8 Å². The van der Waals surface area contributed by atoms with Crippen molar-refractivity contribution in [2.24, 2.45) is 0 Å². The summed E-state index contributed by atoms with van der Waals surface area (Å²) >= 11 is 0. The van der Waals surface area contributed by atoms with E-state index in [0.29, 0.717) is 50.2 Å². The second-order valence-corrected chi connectivity index (χ2v) is 8.24. The lowest BCUT2D eigenvalue weighted by Gasteiger charge is -2.15. The Labute approximate surface area is 207 Å². The maximum Gasteiger partial charge on any atom is 0.339 e. The molecule has 0 saturated carbocycles. The van der Waals surface area contributed by atoms with Gasteiger partial charge in [0.2, 0.25) is 0 Å². The molecular weight excluding hydrogens is 446 g/mol. The van der Waals surface area contributed by atoms with E-state index in [2.05, 4.69) is 6.07 Å². The van der Waals surface area contributed by atoms with Crippen LogP contribution >= 0.6 is 0 Å². The van der Waals surface area contributed by atoms with E-state index in [1.54, 1.807) is 42.5 Å². The predicted octanol–water partition coefficient (Wildman–Crippen LogP) is 5.41. The van der Waals surface area contributed by atoms with Gasteiger partial charge in [0.25, 0.3) is 0 Å². The number of carbonyl (C=O) groups excluding carboxylic acids is 2. The highest BCUT2D eigenvalue weighted by molar-refractivity contribution is 5.91. The van der Waals surface area contributed by atoms with Crippen molar-refractivity contribution < 1.29 is 28.9 Å². The van der Waals surface area contributed by atoms with Crippen LogP contribution in [0.4, 0.5) is 0 Å². The van der Waals surface area contributed by atoms with E-state index in [0.717, 1.165) is 49.8 Å². The first-order valence-corrected chi connectivity index (χ1v) is 12.3. The van der Waals surface area contributed by atoms with Crippen LogP contribution in [-0.4, -0.2) is 36.9 Å². The zero-order valence-electron chi connectivity index (χ0n) is 20.2. The molecule has 2 rings (SSSR count). The van der Waals surface area contributed by atoms with E-state index >= 15 is 0 Å². The van der Waals surface area contributed by atoms with Crippen LogP contribution in [-0.2, 0) is 19.1 Å². The highest BCUT2D eigenvalue weighted by atomic mass is 16.5. The molecule has 1 N–H and O–H groups in total. The van der Waals surface area contributed by atoms with Crippen LogP contribution in [0.1, 0.15) is 69.8 Å². The van der Waals surface area contributed by atoms with E-state index in [-0.39, 0.29) is 12.6 Å². The topological polar surface area (TPSA) is 106 Å². The minimum atomic E-state index is -0.398. The van der Waals surface area contributed by atoms with Crippen molar-refractivity contribution in [1.29, 1.82) is 5.26 Å². The van der Waals surface area contributed by atoms with Crippen molar-refractivity contribution in [1.82, 2.24) is 0 Å². The second kappa shape index (κ2) is 17.1. The standard InChI is InChI=1S/C28H35NO6/c29-19-5-8-21-33-25-16-12-24(13-17-25)28(32)35-26-14-9-23(10-15-26)11-18-27(31)34-22-7-4-2-1-3-6-20-30/h9-12,14-16,18,30H,1-8,13,17,20-22H2. The number of allylic oxidation sites excluding steroid dienone is 3. The van der Waals surface area contributed by atoms with Crippen LogP contribution in [0.3, 0.4) is 0 Å². The SMILES string of the molecule is N#CCCCOC1=CC=C(C(=O)Oc2ccc(C=CC(=O)OCCCCCCCCO)cc2)CC1. The molecule has 0 radical (unpaired) electrons. The Morgan fingerprint density at radius 3 is 2.37 bits per heavy atom. The molecule has 0 bridgehead atoms. The van der Waals surface area contributed by atoms with Crippen molar-refractivity contribution >= 4 is 18.0 Å². The molecule has 0 aromatic heterocycles. The summed E-state index contributed by atoms with van der Waals surface area (Å²) in [5.74, 6) is 0.456. The first kappa shape index (κ1) is 27.9. The lowest BCUT2D eigenvalue weighted by atomic mass is 10.0. The Morgan fingerprint density at radius 2 is 1.69 bits per heavy atom. The minimum Gasteiger partial charge on any atom is -0.498 e. The molecule has 0 spiro atoms. The van der Waals surface area contributed by atoms with Gasteiger partial charge >= 0.3 is 11.9 Å². The minimum absolute atomic E-state index is 0.248. The molecule has 1 aromatic carbocycles. The number of esters is 2. The smallest absolute Gasteiger partial charge is 0.339 e. The maximum atomic E-state index is 12.4. The van der Waals surface area contributed by atoms with Gasteiger partial charge in [-0.3, -0.25) is 0 Å². The van der Waals surface area contributed by atoms with Gasteiger partial charge in [0.15, 0.2) is 0 Å². The van der Waals surface area contributed by atoms with Crippen LogP contribution in [0.15, 0.2) is 53.8 Å². The molecule has 1 aliphatic carbocycles. The highest BCUT2D eigenvalue weighted by Gasteiger charge is 2.16. The van der Waals surface area contributed by atoms with Gasteiger partial charge in [-0.15, -0.1) is 0 Å². The molecule has 0 amide bonds. The lowest BCUT2D eigenvalue weighted by molar-refractivity contribution is -0.137. The number of aliphatic hydroxyl groups excluding tert-OH is 1. The van der Waals surface area contributed by atoms with Crippen molar-refractivity contribution in [2.45, 2.75) is 64.2 Å². The zero-order valence-corrected chi connectivity index (χ0v) is 20.2. The normalized spacial score (nSPS) is 13.0. The molecule has 7 heteroatoms. The van der Waals surface area contributed by atoms with Gasteiger partial charge in [-0.05, 0) is 61.6 Å². The Morgan fingerprint density at radius 1 is 0.943 bits per heavy atom. The van der Waals surface area contributed by atoms with E-state index in [9.17, 15) is 9.59 Å². The predicted molar refractivity (Wildman–Crippen MR) is 133 cm³/mol. The summed E-state index contributed by atoms with van der Waals surface area (Å²) in [6, 6.07) is 8.98. The van der Waals surface area contributed by atoms with E-state index in [1.807, 2.05) is 0 Å². The number of aliphatic hydroxyl groups is 1. The third-order valence-electron chi connectivity index (χ3n) is 5.39. The number of hydrogen-bond donors (Lipinski definition) is 1. The number of rotatable bonds is 16. The zero-order chi connectivity index (χ0) is 25.1. The summed E-state index contributed by atoms with van der Waals surface area (Å²) in [6.07, 6.45) is 14.8. The highest BCUT2D eigenvalue weighted by Crippen LogP contribution is 2.22. The Kier molecular flexibility index (Phi) is 13.6. The quantitative estimate of drug-likeness (QED) is 0.146. The number of nitriles is 1. The van der Waals surface area contributed by atoms with Gasteiger partial charge in [0, 0.05) is 31.1 Å². The van der Waals surface area contributed by atoms with Gasteiger partial charge in [0.1, 0.15) is 5.75 Å². The average Bonchev–Trinajstić information content (AvgIpc) is 2.88. The maximum absolute atomic E-state index is 12.4. The number of nitrogens with zero attached hydrogens (tertiary/aromatic N) is 1. The second-order valence-electron chi connectivity index (χ2n) is 8.24. The van der Waals surface area contributed by atoms with E-state index in [1.165, 1.54) is 6.08 Å². The summed E-state index contributed by atoms with van der Waals surface area (Å²) in [7, 11) is 0. The summed E-state index contributed by atoms with van der Waals surface area (Å²) in [5, 5.41) is 17.3. The largest absolute Gasteiger partial charge is 0.498 e. The lowest BCUT2D eigenvalue weighted by Crippen LogP contribution is -2.13. The fraction of sp³-hybridized carbons (Fsp3) is 0.464. The van der Waals surface area contributed by atoms with Crippen molar-refractivity contribution in [3.05, 3.63) is 59.4 Å². The van der Waals surface area contributed by atoms with Crippen molar-refractivity contribution in [2.75, 3.05) is 19.8 Å². The monoisotopic (exact) mass is 481 g/mol. The Bertz CT molecular complexity index is 924. The van der Waals surface area contributed by atoms with Gasteiger partial charge in [-0.2, -0.15) is 5.26 Å². The summed E-state index contributed by atoms with van der Waals surface area (Å²) in [5.41, 5.74) is 1.37. The summed E-state index contributed by atoms with van der Waals surface area (Å²) < 4.78 is 16.3. The number of unbranched alkanes of at least 4 members (excludes halogenated alkanes) is 6. The molecule has 0 fully saturated rings. The van der Waals surface area contributed by atoms with Crippen LogP contribution in [0.25, 0.3) is 6.08 Å². The Hall–Kier alpha value is -3.37. The van der Waals surface area contributed by atoms with E-state index < -0.39 is 5.97 Å². The molecule has 1 aromatic rings. The first-order valence-electron chi connectivity index (χ1n) is 12.3. The fourth-order valence-electron chi connectivity index (χ4n) is 3.39. The van der Waals surface area contributed by atoms with Crippen molar-refractivity contribution in [3.63, 3.8) is 0 Å². The molecule has 7 nitrogen and oxygen atoms in total. The third-order valence-corrected chi connectivity index (χ3v) is 5.39. The van der Waals surface area contributed by atoms with Crippen LogP contribution in [0.2, 0.25) is 0 Å². The molecule has 0 unspecified atom stereocenters. The number of hydrogen-bond acceptors (Lipinski definition) is 7. The molecular formula is C28H35NO6. The van der Waals surface area contributed by atoms with Crippen LogP contribution in [0, 0.1) is 11.3 Å². The van der Waals surface area contributed by atoms with Gasteiger partial charge in [-0.25, -0.2) is 9.59 Å². The molecule has 0 atom stereocenters. The number of carbonyl (C=O) groups is 2. The molecule has 0 aliphatic heterocycles. The third kappa shape index (κ3) is 12.1. The number of benzene rings is 1. The van der Waals surface area contributed by atoms with Gasteiger partial charge in [0.05, 0.1) is 25.0 Å². The fourth-order valence-corrected chi connectivity index (χ4v) is 3.39.